The lowest BCUT2D eigenvalue weighted by Gasteiger charge is -2.32. The maximum absolute atomic E-state index is 13.3. The minimum atomic E-state index is -1.37. The van der Waals surface area contributed by atoms with Gasteiger partial charge in [-0.25, -0.2) is 4.39 Å². The van der Waals surface area contributed by atoms with Crippen molar-refractivity contribution in [3.8, 4) is 6.07 Å². The first kappa shape index (κ1) is 22.3. The van der Waals surface area contributed by atoms with Gasteiger partial charge in [0.15, 0.2) is 0 Å². The van der Waals surface area contributed by atoms with Crippen molar-refractivity contribution in [1.29, 1.82) is 5.26 Å². The van der Waals surface area contributed by atoms with E-state index in [1.165, 1.54) is 12.1 Å². The third kappa shape index (κ3) is 5.12. The Morgan fingerprint density at radius 3 is 2.35 bits per heavy atom. The minimum absolute atomic E-state index is 0. The molecule has 0 aliphatic rings. The van der Waals surface area contributed by atoms with Crippen LogP contribution in [0.25, 0.3) is 0 Å². The summed E-state index contributed by atoms with van der Waals surface area (Å²) in [6.07, 6.45) is 1.13. The van der Waals surface area contributed by atoms with E-state index in [0.717, 1.165) is 6.54 Å². The van der Waals surface area contributed by atoms with E-state index in [-0.39, 0.29) is 29.4 Å². The van der Waals surface area contributed by atoms with E-state index >= 15 is 0 Å². The van der Waals surface area contributed by atoms with Gasteiger partial charge in [0.1, 0.15) is 11.4 Å². The van der Waals surface area contributed by atoms with Gasteiger partial charge in [-0.05, 0) is 74.4 Å². The molecule has 2 N–H and O–H groups in total. The van der Waals surface area contributed by atoms with Gasteiger partial charge in [-0.2, -0.15) is 5.26 Å². The monoisotopic (exact) mass is 422 g/mol. The Balaban J connectivity index is 0.00000338. The number of nitrogens with zero attached hydrogens (tertiary/aromatic N) is 2. The molecule has 0 radical (unpaired) electrons. The molecular formula is C20H24BrFN2O2. The summed E-state index contributed by atoms with van der Waals surface area (Å²) in [7, 11) is 3.91. The molecule has 6 heteroatoms. The fourth-order valence-electron chi connectivity index (χ4n) is 3.01. The molecule has 140 valence electrons. The Morgan fingerprint density at radius 1 is 1.15 bits per heavy atom. The van der Waals surface area contributed by atoms with Crippen molar-refractivity contribution < 1.29 is 14.6 Å². The number of halogens is 2. The minimum Gasteiger partial charge on any atom is -0.392 e. The van der Waals surface area contributed by atoms with E-state index in [9.17, 15) is 14.6 Å². The van der Waals surface area contributed by atoms with Gasteiger partial charge in [0.25, 0.3) is 0 Å². The van der Waals surface area contributed by atoms with Crippen LogP contribution in [-0.2, 0) is 12.2 Å². The summed E-state index contributed by atoms with van der Waals surface area (Å²) in [4.78, 5) is 2.02. The van der Waals surface area contributed by atoms with Gasteiger partial charge in [-0.15, -0.1) is 17.0 Å². The van der Waals surface area contributed by atoms with E-state index in [1.807, 2.05) is 25.1 Å². The molecule has 0 aliphatic carbocycles. The van der Waals surface area contributed by atoms with Crippen molar-refractivity contribution >= 4 is 17.0 Å². The maximum Gasteiger partial charge on any atom is 0.123 e. The van der Waals surface area contributed by atoms with Crippen LogP contribution in [0.2, 0.25) is 0 Å². The van der Waals surface area contributed by atoms with Crippen LogP contribution in [0, 0.1) is 17.1 Å². The molecule has 1 unspecified atom stereocenters. The van der Waals surface area contributed by atoms with Crippen molar-refractivity contribution in [2.45, 2.75) is 25.0 Å². The summed E-state index contributed by atoms with van der Waals surface area (Å²) in [6.45, 7) is 0.496. The number of nitriles is 1. The molecule has 2 aromatic rings. The lowest BCUT2D eigenvalue weighted by Crippen LogP contribution is -2.30. The zero-order valence-corrected chi connectivity index (χ0v) is 16.7. The van der Waals surface area contributed by atoms with Crippen molar-refractivity contribution in [2.24, 2.45) is 0 Å². The fraction of sp³-hybridized carbons (Fsp3) is 0.350. The lowest BCUT2D eigenvalue weighted by molar-refractivity contribution is 0.0641. The molecule has 4 nitrogen and oxygen atoms in total. The van der Waals surface area contributed by atoms with Gasteiger partial charge >= 0.3 is 0 Å². The molecular weight excluding hydrogens is 399 g/mol. The standard InChI is InChI=1S/C20H23FN2O2.BrH/c1-23(2)11-3-10-20(25,17-5-7-18(21)8-6-17)19-9-4-15(13-22)12-16(19)14-24;/h4-9,12,24-25H,3,10-11,14H2,1-2H3;1H. The average Bonchev–Trinajstić information content (AvgIpc) is 2.61. The molecule has 0 saturated carbocycles. The van der Waals surface area contributed by atoms with Crippen LogP contribution in [0.4, 0.5) is 4.39 Å². The van der Waals surface area contributed by atoms with Gasteiger partial charge in [0.2, 0.25) is 0 Å². The number of rotatable bonds is 7. The molecule has 0 spiro atoms. The Labute approximate surface area is 164 Å². The zero-order chi connectivity index (χ0) is 18.4. The van der Waals surface area contributed by atoms with Crippen molar-refractivity contribution in [3.05, 3.63) is 70.5 Å². The van der Waals surface area contributed by atoms with E-state index in [4.69, 9.17) is 5.26 Å². The van der Waals surface area contributed by atoms with Crippen molar-refractivity contribution in [3.63, 3.8) is 0 Å². The smallest absolute Gasteiger partial charge is 0.123 e. The highest BCUT2D eigenvalue weighted by atomic mass is 79.9. The van der Waals surface area contributed by atoms with Crippen LogP contribution < -0.4 is 0 Å². The van der Waals surface area contributed by atoms with Gasteiger partial charge in [0.05, 0.1) is 18.2 Å². The average molecular weight is 423 g/mol. The van der Waals surface area contributed by atoms with E-state index in [1.54, 1.807) is 30.3 Å². The van der Waals surface area contributed by atoms with E-state index in [0.29, 0.717) is 35.1 Å². The molecule has 2 rings (SSSR count). The molecule has 2 aromatic carbocycles. The number of aliphatic hydroxyl groups is 2. The first-order valence-corrected chi connectivity index (χ1v) is 8.18. The summed E-state index contributed by atoms with van der Waals surface area (Å²) < 4.78 is 13.3. The largest absolute Gasteiger partial charge is 0.392 e. The molecule has 1 atom stereocenters. The zero-order valence-electron chi connectivity index (χ0n) is 14.9. The van der Waals surface area contributed by atoms with E-state index < -0.39 is 5.60 Å². The molecule has 0 saturated heterocycles. The Morgan fingerprint density at radius 2 is 1.81 bits per heavy atom. The molecule has 0 amide bonds. The number of benzene rings is 2. The second-order valence-electron chi connectivity index (χ2n) is 6.42. The van der Waals surface area contributed by atoms with Crippen LogP contribution in [0.5, 0.6) is 0 Å². The number of hydrogen-bond acceptors (Lipinski definition) is 4. The molecule has 0 aliphatic heterocycles. The summed E-state index contributed by atoms with van der Waals surface area (Å²) in [5.74, 6) is -0.374. The third-order valence-corrected chi connectivity index (χ3v) is 4.32. The highest BCUT2D eigenvalue weighted by Gasteiger charge is 2.33. The lowest BCUT2D eigenvalue weighted by atomic mass is 9.80. The summed E-state index contributed by atoms with van der Waals surface area (Å²) in [6, 6.07) is 12.7. The fourth-order valence-corrected chi connectivity index (χ4v) is 3.01. The summed E-state index contributed by atoms with van der Waals surface area (Å²) in [5, 5.41) is 30.3. The van der Waals surface area contributed by atoms with Crippen LogP contribution in [0.1, 0.15) is 35.1 Å². The third-order valence-electron chi connectivity index (χ3n) is 4.32. The molecule has 0 fully saturated rings. The molecule has 0 aromatic heterocycles. The molecule has 0 heterocycles. The summed E-state index contributed by atoms with van der Waals surface area (Å²) in [5.41, 5.74) is 0.653. The normalized spacial score (nSPS) is 13.0. The van der Waals surface area contributed by atoms with E-state index in [2.05, 4.69) is 0 Å². The van der Waals surface area contributed by atoms with Crippen LogP contribution in [0.3, 0.4) is 0 Å². The van der Waals surface area contributed by atoms with Crippen LogP contribution in [0.15, 0.2) is 42.5 Å². The van der Waals surface area contributed by atoms with Gasteiger partial charge in [0, 0.05) is 0 Å². The number of hydrogen-bond donors (Lipinski definition) is 2. The van der Waals surface area contributed by atoms with Gasteiger partial charge in [-0.3, -0.25) is 0 Å². The second kappa shape index (κ2) is 9.79. The summed E-state index contributed by atoms with van der Waals surface area (Å²) >= 11 is 0. The molecule has 26 heavy (non-hydrogen) atoms. The second-order valence-corrected chi connectivity index (χ2v) is 6.42. The predicted molar refractivity (Wildman–Crippen MR) is 105 cm³/mol. The predicted octanol–water partition coefficient (Wildman–Crippen LogP) is 3.35. The van der Waals surface area contributed by atoms with Crippen molar-refractivity contribution in [1.82, 2.24) is 4.90 Å². The van der Waals surface area contributed by atoms with Crippen molar-refractivity contribution in [2.75, 3.05) is 20.6 Å². The maximum atomic E-state index is 13.3. The Hall–Kier alpha value is -1.78. The van der Waals surface area contributed by atoms with Gasteiger partial charge < -0.3 is 15.1 Å². The highest BCUT2D eigenvalue weighted by molar-refractivity contribution is 8.93. The first-order valence-electron chi connectivity index (χ1n) is 8.18. The molecule has 0 bridgehead atoms. The topological polar surface area (TPSA) is 67.5 Å². The number of aliphatic hydroxyl groups excluding tert-OH is 1. The Bertz CT molecular complexity index is 759. The quantitative estimate of drug-likeness (QED) is 0.717. The highest BCUT2D eigenvalue weighted by Crippen LogP contribution is 2.36. The first-order chi connectivity index (χ1) is 11.9. The van der Waals surface area contributed by atoms with Crippen LogP contribution in [-0.4, -0.2) is 35.8 Å². The SMILES string of the molecule is Br.CN(C)CCCC(O)(c1ccc(F)cc1)c1ccc(C#N)cc1CO. The van der Waals surface area contributed by atoms with Crippen LogP contribution >= 0.6 is 17.0 Å². The Kier molecular flexibility index (Phi) is 8.38. The van der Waals surface area contributed by atoms with Gasteiger partial charge in [-0.1, -0.05) is 18.2 Å².